The summed E-state index contributed by atoms with van der Waals surface area (Å²) in [4.78, 5) is 0. The molecule has 1 aromatic heterocycles. The van der Waals surface area contributed by atoms with Gasteiger partial charge in [0.2, 0.25) is 10.0 Å². The molecule has 0 unspecified atom stereocenters. The van der Waals surface area contributed by atoms with E-state index in [0.29, 0.717) is 5.69 Å². The van der Waals surface area contributed by atoms with E-state index < -0.39 is 10.0 Å². The first-order chi connectivity index (χ1) is 5.08. The summed E-state index contributed by atoms with van der Waals surface area (Å²) in [7, 11) is -3.13. The van der Waals surface area contributed by atoms with Gasteiger partial charge in [-0.1, -0.05) is 5.16 Å². The predicted octanol–water partition coefficient (Wildman–Crippen LogP) is -0.276. The van der Waals surface area contributed by atoms with Crippen LogP contribution in [0.25, 0.3) is 0 Å². The Morgan fingerprint density at radius 2 is 2.45 bits per heavy atom. The molecule has 0 aliphatic rings. The van der Waals surface area contributed by atoms with Crippen molar-refractivity contribution in [2.24, 2.45) is 0 Å². The van der Waals surface area contributed by atoms with Gasteiger partial charge in [0.05, 0.1) is 18.5 Å². The van der Waals surface area contributed by atoms with E-state index >= 15 is 0 Å². The van der Waals surface area contributed by atoms with Gasteiger partial charge in [-0.3, -0.25) is 0 Å². The summed E-state index contributed by atoms with van der Waals surface area (Å²) in [6.07, 6.45) is 2.48. The molecule has 0 spiro atoms. The van der Waals surface area contributed by atoms with Crippen LogP contribution in [0, 0.1) is 0 Å². The molecule has 0 aromatic carbocycles. The third-order valence-electron chi connectivity index (χ3n) is 1.01. The molecule has 0 atom stereocenters. The van der Waals surface area contributed by atoms with E-state index in [1.807, 2.05) is 0 Å². The maximum absolute atomic E-state index is 10.6. The van der Waals surface area contributed by atoms with Crippen molar-refractivity contribution in [1.82, 2.24) is 9.88 Å². The number of aromatic nitrogens is 1. The summed E-state index contributed by atoms with van der Waals surface area (Å²) in [5.74, 6) is 0. The second-order valence-corrected chi connectivity index (χ2v) is 3.92. The van der Waals surface area contributed by atoms with Gasteiger partial charge in [0.25, 0.3) is 0 Å². The molecule has 1 rings (SSSR count). The number of rotatable bonds is 3. The zero-order chi connectivity index (χ0) is 8.32. The zero-order valence-electron chi connectivity index (χ0n) is 5.94. The normalized spacial score (nSPS) is 11.7. The van der Waals surface area contributed by atoms with E-state index in [1.165, 1.54) is 6.26 Å². The van der Waals surface area contributed by atoms with Crippen LogP contribution in [-0.2, 0) is 16.6 Å². The zero-order valence-corrected chi connectivity index (χ0v) is 6.76. The lowest BCUT2D eigenvalue weighted by molar-refractivity contribution is 0.411. The molecule has 0 aliphatic carbocycles. The monoisotopic (exact) mass is 176 g/mol. The fraction of sp³-hybridized carbons (Fsp3) is 0.400. The lowest BCUT2D eigenvalue weighted by Crippen LogP contribution is -2.21. The van der Waals surface area contributed by atoms with Crippen molar-refractivity contribution in [2.75, 3.05) is 6.26 Å². The highest BCUT2D eigenvalue weighted by Gasteiger charge is 2.01. The fourth-order valence-corrected chi connectivity index (χ4v) is 0.944. The Hall–Kier alpha value is -0.880. The van der Waals surface area contributed by atoms with Gasteiger partial charge in [-0.15, -0.1) is 0 Å². The average molecular weight is 176 g/mol. The van der Waals surface area contributed by atoms with Crippen molar-refractivity contribution >= 4 is 10.0 Å². The summed E-state index contributed by atoms with van der Waals surface area (Å²) < 4.78 is 27.9. The van der Waals surface area contributed by atoms with Crippen LogP contribution < -0.4 is 4.72 Å². The van der Waals surface area contributed by atoms with Gasteiger partial charge >= 0.3 is 0 Å². The van der Waals surface area contributed by atoms with Crippen molar-refractivity contribution in [1.29, 1.82) is 0 Å². The Balaban J connectivity index is 2.48. The first kappa shape index (κ1) is 8.22. The Labute approximate surface area is 64.4 Å². The molecule has 0 bridgehead atoms. The highest BCUT2D eigenvalue weighted by molar-refractivity contribution is 7.88. The van der Waals surface area contributed by atoms with E-state index in [2.05, 4.69) is 14.4 Å². The Morgan fingerprint density at radius 1 is 1.73 bits per heavy atom. The van der Waals surface area contributed by atoms with Gasteiger partial charge in [0.15, 0.2) is 0 Å². The van der Waals surface area contributed by atoms with Crippen molar-refractivity contribution in [3.63, 3.8) is 0 Å². The first-order valence-electron chi connectivity index (χ1n) is 2.92. The molecule has 0 radical (unpaired) electrons. The van der Waals surface area contributed by atoms with Crippen molar-refractivity contribution in [3.05, 3.63) is 18.0 Å². The summed E-state index contributed by atoms with van der Waals surface area (Å²) in [5.41, 5.74) is 0.565. The molecule has 0 saturated carbocycles. The summed E-state index contributed by atoms with van der Waals surface area (Å²) in [5, 5.41) is 3.52. The van der Waals surface area contributed by atoms with Crippen LogP contribution in [0.2, 0.25) is 0 Å². The average Bonchev–Trinajstić information content (AvgIpc) is 2.32. The van der Waals surface area contributed by atoms with Crippen LogP contribution in [0.15, 0.2) is 16.9 Å². The van der Waals surface area contributed by atoms with Crippen LogP contribution in [-0.4, -0.2) is 19.8 Å². The second kappa shape index (κ2) is 3.02. The lowest BCUT2D eigenvalue weighted by atomic mass is 10.5. The number of hydrogen-bond acceptors (Lipinski definition) is 4. The molecule has 62 valence electrons. The molecule has 1 aromatic rings. The minimum atomic E-state index is -3.13. The van der Waals surface area contributed by atoms with E-state index in [0.717, 1.165) is 6.26 Å². The molecular formula is C5H8N2O3S. The van der Waals surface area contributed by atoms with Crippen LogP contribution in [0.3, 0.4) is 0 Å². The van der Waals surface area contributed by atoms with Gasteiger partial charge < -0.3 is 4.52 Å². The van der Waals surface area contributed by atoms with Crippen LogP contribution in [0.1, 0.15) is 5.69 Å². The fourth-order valence-electron chi connectivity index (χ4n) is 0.534. The van der Waals surface area contributed by atoms with Crippen LogP contribution in [0.4, 0.5) is 0 Å². The highest BCUT2D eigenvalue weighted by Crippen LogP contribution is 1.93. The minimum absolute atomic E-state index is 0.176. The number of nitrogens with one attached hydrogen (secondary N) is 1. The molecule has 0 aliphatic heterocycles. The standard InChI is InChI=1S/C5H8N2O3S/c1-11(8,9)6-4-5-2-3-10-7-5/h2-3,6H,4H2,1H3. The van der Waals surface area contributed by atoms with E-state index in [1.54, 1.807) is 6.07 Å². The molecule has 1 N–H and O–H groups in total. The quantitative estimate of drug-likeness (QED) is 0.687. The molecule has 6 heteroatoms. The third kappa shape index (κ3) is 3.15. The predicted molar refractivity (Wildman–Crippen MR) is 38.2 cm³/mol. The van der Waals surface area contributed by atoms with Crippen LogP contribution in [0.5, 0.6) is 0 Å². The maximum atomic E-state index is 10.6. The minimum Gasteiger partial charge on any atom is -0.364 e. The smallest absolute Gasteiger partial charge is 0.209 e. The van der Waals surface area contributed by atoms with Gasteiger partial charge in [0, 0.05) is 6.07 Å². The van der Waals surface area contributed by atoms with Crippen LogP contribution >= 0.6 is 0 Å². The second-order valence-electron chi connectivity index (χ2n) is 2.08. The Morgan fingerprint density at radius 3 is 2.91 bits per heavy atom. The van der Waals surface area contributed by atoms with Gasteiger partial charge in [-0.05, 0) is 0 Å². The van der Waals surface area contributed by atoms with E-state index in [-0.39, 0.29) is 6.54 Å². The number of nitrogens with zero attached hydrogens (tertiary/aromatic N) is 1. The SMILES string of the molecule is CS(=O)(=O)NCc1ccon1. The number of sulfonamides is 1. The summed E-state index contributed by atoms with van der Waals surface area (Å²) in [6.45, 7) is 0.176. The highest BCUT2D eigenvalue weighted by atomic mass is 32.2. The van der Waals surface area contributed by atoms with Crippen molar-refractivity contribution < 1.29 is 12.9 Å². The first-order valence-corrected chi connectivity index (χ1v) is 4.81. The molecule has 1 heterocycles. The molecule has 0 amide bonds. The number of hydrogen-bond donors (Lipinski definition) is 1. The maximum Gasteiger partial charge on any atom is 0.209 e. The van der Waals surface area contributed by atoms with E-state index in [9.17, 15) is 8.42 Å². The molecule has 0 saturated heterocycles. The largest absolute Gasteiger partial charge is 0.364 e. The molecular weight excluding hydrogens is 168 g/mol. The third-order valence-corrected chi connectivity index (χ3v) is 1.68. The van der Waals surface area contributed by atoms with Gasteiger partial charge in [0.1, 0.15) is 6.26 Å². The van der Waals surface area contributed by atoms with E-state index in [4.69, 9.17) is 0 Å². The Kier molecular flexibility index (Phi) is 2.25. The summed E-state index contributed by atoms with van der Waals surface area (Å²) >= 11 is 0. The molecule has 11 heavy (non-hydrogen) atoms. The molecule has 0 fully saturated rings. The Bertz CT molecular complexity index is 302. The molecule has 5 nitrogen and oxygen atoms in total. The van der Waals surface area contributed by atoms with Crippen molar-refractivity contribution in [3.8, 4) is 0 Å². The lowest BCUT2D eigenvalue weighted by Gasteiger charge is -1.95. The summed E-state index contributed by atoms with van der Waals surface area (Å²) in [6, 6.07) is 1.60. The van der Waals surface area contributed by atoms with Gasteiger partial charge in [-0.2, -0.15) is 0 Å². The van der Waals surface area contributed by atoms with Crippen molar-refractivity contribution in [2.45, 2.75) is 6.54 Å². The van der Waals surface area contributed by atoms with Gasteiger partial charge in [-0.25, -0.2) is 13.1 Å². The topological polar surface area (TPSA) is 72.2 Å².